The molecule has 2 bridgehead atoms. The second kappa shape index (κ2) is 6.17. The van der Waals surface area contributed by atoms with Crippen molar-refractivity contribution in [3.63, 3.8) is 0 Å². The van der Waals surface area contributed by atoms with Gasteiger partial charge in [-0.05, 0) is 55.4 Å². The number of carbonyl (C=O) groups excluding carboxylic acids is 3. The van der Waals surface area contributed by atoms with Gasteiger partial charge in [-0.3, -0.25) is 19.3 Å². The summed E-state index contributed by atoms with van der Waals surface area (Å²) in [6.07, 6.45) is 3.28. The summed E-state index contributed by atoms with van der Waals surface area (Å²) in [5.74, 6) is 0.929. The molecule has 3 amide bonds. The van der Waals surface area contributed by atoms with Crippen molar-refractivity contribution in [3.8, 4) is 5.75 Å². The lowest BCUT2D eigenvalue weighted by atomic mass is 9.81. The van der Waals surface area contributed by atoms with Crippen molar-refractivity contribution in [1.82, 2.24) is 4.90 Å². The zero-order valence-electron chi connectivity index (χ0n) is 14.2. The smallest absolute Gasteiger partial charge is 0.233 e. The van der Waals surface area contributed by atoms with Gasteiger partial charge in [0.1, 0.15) is 5.75 Å². The Morgan fingerprint density at radius 1 is 1.12 bits per heavy atom. The number of amides is 3. The van der Waals surface area contributed by atoms with Crippen LogP contribution in [0.2, 0.25) is 0 Å². The Morgan fingerprint density at radius 2 is 1.72 bits per heavy atom. The summed E-state index contributed by atoms with van der Waals surface area (Å²) in [7, 11) is 1.58. The molecule has 1 aromatic carbocycles. The standard InChI is InChI=1S/C19H22N2O4/c1-25-14-6-4-13(5-7-14)20-15(22)8-9-21-18(23)16-11-2-3-12(10-11)17(16)19(21)24/h4-7,11-12,16-17H,2-3,8-10H2,1H3,(H,20,22)/t11-,12+,16-,17+. The van der Waals surface area contributed by atoms with Gasteiger partial charge in [-0.25, -0.2) is 0 Å². The fourth-order valence-electron chi connectivity index (χ4n) is 4.80. The lowest BCUT2D eigenvalue weighted by Crippen LogP contribution is -2.35. The molecule has 3 fully saturated rings. The van der Waals surface area contributed by atoms with Crippen molar-refractivity contribution in [2.45, 2.75) is 25.7 Å². The first-order chi connectivity index (χ1) is 12.1. The molecule has 1 heterocycles. The number of likely N-dealkylation sites (tertiary alicyclic amines) is 1. The fraction of sp³-hybridized carbons (Fsp3) is 0.526. The third-order valence-corrected chi connectivity index (χ3v) is 5.95. The largest absolute Gasteiger partial charge is 0.497 e. The fourth-order valence-corrected chi connectivity index (χ4v) is 4.80. The van der Waals surface area contributed by atoms with Crippen LogP contribution in [0.3, 0.4) is 0 Å². The minimum absolute atomic E-state index is 0.0561. The SMILES string of the molecule is COc1ccc(NC(=O)CCN2C(=O)[C@@H]3[C@@H]4CC[C@@H](C4)[C@@H]3C2=O)cc1. The van der Waals surface area contributed by atoms with Crippen LogP contribution < -0.4 is 10.1 Å². The Bertz CT molecular complexity index is 687. The molecule has 0 aromatic heterocycles. The van der Waals surface area contributed by atoms with Crippen LogP contribution in [0.1, 0.15) is 25.7 Å². The van der Waals surface area contributed by atoms with Gasteiger partial charge in [0.05, 0.1) is 18.9 Å². The number of carbonyl (C=O) groups is 3. The van der Waals surface area contributed by atoms with Crippen molar-refractivity contribution in [2.24, 2.45) is 23.7 Å². The first-order valence-corrected chi connectivity index (χ1v) is 8.87. The lowest BCUT2D eigenvalue weighted by Gasteiger charge is -2.19. The van der Waals surface area contributed by atoms with Crippen molar-refractivity contribution in [3.05, 3.63) is 24.3 Å². The summed E-state index contributed by atoms with van der Waals surface area (Å²) in [6.45, 7) is 0.173. The molecule has 1 N–H and O–H groups in total. The number of imide groups is 1. The number of nitrogens with zero attached hydrogens (tertiary/aromatic N) is 1. The first-order valence-electron chi connectivity index (χ1n) is 8.87. The van der Waals surface area contributed by atoms with E-state index in [2.05, 4.69) is 5.32 Å². The van der Waals surface area contributed by atoms with Crippen LogP contribution in [0.15, 0.2) is 24.3 Å². The maximum atomic E-state index is 12.6. The highest BCUT2D eigenvalue weighted by molar-refractivity contribution is 6.06. The normalized spacial score (nSPS) is 29.9. The van der Waals surface area contributed by atoms with Gasteiger partial charge >= 0.3 is 0 Å². The molecule has 1 saturated heterocycles. The van der Waals surface area contributed by atoms with Gasteiger partial charge in [0.2, 0.25) is 17.7 Å². The van der Waals surface area contributed by atoms with E-state index >= 15 is 0 Å². The summed E-state index contributed by atoms with van der Waals surface area (Å²) in [5, 5.41) is 2.78. The number of anilines is 1. The highest BCUT2D eigenvalue weighted by Gasteiger charge is 2.60. The minimum atomic E-state index is -0.203. The molecule has 4 rings (SSSR count). The molecule has 6 heteroatoms. The van der Waals surface area contributed by atoms with E-state index in [4.69, 9.17) is 4.74 Å². The summed E-state index contributed by atoms with van der Waals surface area (Å²) in [5.41, 5.74) is 0.666. The highest BCUT2D eigenvalue weighted by atomic mass is 16.5. The summed E-state index contributed by atoms with van der Waals surface area (Å²) < 4.78 is 5.08. The van der Waals surface area contributed by atoms with E-state index in [0.717, 1.165) is 19.3 Å². The number of hydrogen-bond acceptors (Lipinski definition) is 4. The molecule has 0 spiro atoms. The van der Waals surface area contributed by atoms with Gasteiger partial charge in [0.15, 0.2) is 0 Å². The van der Waals surface area contributed by atoms with Gasteiger partial charge in [0, 0.05) is 18.7 Å². The molecule has 3 aliphatic rings. The monoisotopic (exact) mass is 342 g/mol. The molecule has 2 saturated carbocycles. The molecule has 25 heavy (non-hydrogen) atoms. The van der Waals surface area contributed by atoms with Crippen LogP contribution >= 0.6 is 0 Å². The number of fused-ring (bicyclic) bond motifs is 5. The predicted octanol–water partition coefficient (Wildman–Crippen LogP) is 2.05. The second-order valence-electron chi connectivity index (χ2n) is 7.24. The Hall–Kier alpha value is -2.37. The van der Waals surface area contributed by atoms with Gasteiger partial charge < -0.3 is 10.1 Å². The van der Waals surface area contributed by atoms with E-state index in [0.29, 0.717) is 23.3 Å². The number of methoxy groups -OCH3 is 1. The van der Waals surface area contributed by atoms with Crippen LogP contribution in [0.25, 0.3) is 0 Å². The number of benzene rings is 1. The summed E-state index contributed by atoms with van der Waals surface area (Å²) >= 11 is 0. The summed E-state index contributed by atoms with van der Waals surface area (Å²) in [4.78, 5) is 38.6. The molecule has 6 nitrogen and oxygen atoms in total. The molecular formula is C19H22N2O4. The Kier molecular flexibility index (Phi) is 3.98. The average molecular weight is 342 g/mol. The molecule has 1 aromatic rings. The Morgan fingerprint density at radius 3 is 2.28 bits per heavy atom. The van der Waals surface area contributed by atoms with Crippen LogP contribution in [0.4, 0.5) is 5.69 Å². The Balaban J connectivity index is 1.34. The van der Waals surface area contributed by atoms with E-state index in [-0.39, 0.29) is 42.5 Å². The average Bonchev–Trinajstić information content (AvgIpc) is 3.29. The maximum Gasteiger partial charge on any atom is 0.233 e. The van der Waals surface area contributed by atoms with Crippen molar-refractivity contribution >= 4 is 23.4 Å². The highest BCUT2D eigenvalue weighted by Crippen LogP contribution is 2.56. The lowest BCUT2D eigenvalue weighted by molar-refractivity contribution is -0.140. The predicted molar refractivity (Wildman–Crippen MR) is 90.8 cm³/mol. The Labute approximate surface area is 146 Å². The van der Waals surface area contributed by atoms with E-state index < -0.39 is 0 Å². The van der Waals surface area contributed by atoms with Crippen LogP contribution in [-0.2, 0) is 14.4 Å². The van der Waals surface area contributed by atoms with E-state index in [1.807, 2.05) is 0 Å². The molecule has 132 valence electrons. The maximum absolute atomic E-state index is 12.6. The third-order valence-electron chi connectivity index (χ3n) is 5.95. The zero-order valence-corrected chi connectivity index (χ0v) is 14.2. The van der Waals surface area contributed by atoms with Gasteiger partial charge in [-0.15, -0.1) is 0 Å². The van der Waals surface area contributed by atoms with Gasteiger partial charge in [0.25, 0.3) is 0 Å². The summed E-state index contributed by atoms with van der Waals surface area (Å²) in [6, 6.07) is 7.04. The number of hydrogen-bond donors (Lipinski definition) is 1. The first kappa shape index (κ1) is 16.1. The molecular weight excluding hydrogens is 320 g/mol. The van der Waals surface area contributed by atoms with Gasteiger partial charge in [-0.2, -0.15) is 0 Å². The molecule has 0 radical (unpaired) electrons. The number of rotatable bonds is 5. The quantitative estimate of drug-likeness (QED) is 0.831. The topological polar surface area (TPSA) is 75.7 Å². The van der Waals surface area contributed by atoms with Crippen LogP contribution in [0.5, 0.6) is 5.75 Å². The van der Waals surface area contributed by atoms with Crippen molar-refractivity contribution in [1.29, 1.82) is 0 Å². The minimum Gasteiger partial charge on any atom is -0.497 e. The molecule has 1 aliphatic heterocycles. The molecule has 4 atom stereocenters. The van der Waals surface area contributed by atoms with Crippen LogP contribution in [0, 0.1) is 23.7 Å². The second-order valence-corrected chi connectivity index (χ2v) is 7.24. The van der Waals surface area contributed by atoms with Crippen LogP contribution in [-0.4, -0.2) is 36.3 Å². The van der Waals surface area contributed by atoms with Gasteiger partial charge in [-0.1, -0.05) is 0 Å². The van der Waals surface area contributed by atoms with Crippen molar-refractivity contribution < 1.29 is 19.1 Å². The van der Waals surface area contributed by atoms with E-state index in [1.165, 1.54) is 4.90 Å². The molecule has 2 aliphatic carbocycles. The number of nitrogens with one attached hydrogen (secondary N) is 1. The zero-order chi connectivity index (χ0) is 17.6. The van der Waals surface area contributed by atoms with E-state index in [1.54, 1.807) is 31.4 Å². The third kappa shape index (κ3) is 2.69. The van der Waals surface area contributed by atoms with Crippen molar-refractivity contribution in [2.75, 3.05) is 19.0 Å². The molecule has 0 unspecified atom stereocenters. The van der Waals surface area contributed by atoms with E-state index in [9.17, 15) is 14.4 Å². The number of ether oxygens (including phenoxy) is 1.